The Bertz CT molecular complexity index is 1280. The van der Waals surface area contributed by atoms with Crippen molar-refractivity contribution in [2.45, 2.75) is 11.8 Å². The van der Waals surface area contributed by atoms with Crippen molar-refractivity contribution in [2.75, 3.05) is 25.2 Å². The number of sulfonamides is 1. The largest absolute Gasteiger partial charge is 0.495 e. The summed E-state index contributed by atoms with van der Waals surface area (Å²) in [6, 6.07) is 21.0. The molecule has 0 fully saturated rings. The number of amidine groups is 1. The minimum atomic E-state index is -3.82. The fraction of sp³-hybridized carbons (Fsp3) is 0.167. The number of ether oxygens (including phenoxy) is 2. The summed E-state index contributed by atoms with van der Waals surface area (Å²) in [7, 11) is -2.28. The molecule has 4 rings (SSSR count). The van der Waals surface area contributed by atoms with Crippen molar-refractivity contribution in [3.05, 3.63) is 89.5 Å². The number of rotatable bonds is 6. The second kappa shape index (κ2) is 8.84. The van der Waals surface area contributed by atoms with Gasteiger partial charge in [-0.15, -0.1) is 4.40 Å². The Morgan fingerprint density at radius 2 is 1.66 bits per heavy atom. The molecule has 0 bridgehead atoms. The van der Waals surface area contributed by atoms with Gasteiger partial charge in [-0.1, -0.05) is 42.0 Å². The molecule has 1 aliphatic heterocycles. The zero-order valence-corrected chi connectivity index (χ0v) is 18.5. The van der Waals surface area contributed by atoms with Gasteiger partial charge in [-0.05, 0) is 43.3 Å². The highest BCUT2D eigenvalue weighted by molar-refractivity contribution is 7.90. The first-order valence-corrected chi connectivity index (χ1v) is 11.4. The first kappa shape index (κ1) is 21.6. The second-order valence-corrected chi connectivity index (χ2v) is 8.78. The van der Waals surface area contributed by atoms with Crippen LogP contribution in [0.3, 0.4) is 0 Å². The van der Waals surface area contributed by atoms with Crippen molar-refractivity contribution < 1.29 is 22.7 Å². The van der Waals surface area contributed by atoms with E-state index in [-0.39, 0.29) is 23.9 Å². The predicted molar refractivity (Wildman–Crippen MR) is 122 cm³/mol. The van der Waals surface area contributed by atoms with Gasteiger partial charge in [-0.25, -0.2) is 4.79 Å². The molecule has 1 aliphatic rings. The lowest BCUT2D eigenvalue weighted by atomic mass is 10.1. The van der Waals surface area contributed by atoms with Gasteiger partial charge in [0.2, 0.25) is 0 Å². The standard InChI is InChI=1S/C24H22N2O5S/c1-17-11-13-18(14-12-17)24(27)31-16-15-26(20-8-4-5-9-21(20)30-2)23-19-7-3-6-10-22(19)32(28,29)25-23/h3-14H,15-16H2,1-2H3. The molecule has 0 radical (unpaired) electrons. The van der Waals surface area contributed by atoms with Crippen LogP contribution in [-0.2, 0) is 14.8 Å². The highest BCUT2D eigenvalue weighted by Crippen LogP contribution is 2.34. The van der Waals surface area contributed by atoms with E-state index in [1.54, 1.807) is 47.4 Å². The van der Waals surface area contributed by atoms with Gasteiger partial charge in [0, 0.05) is 5.56 Å². The van der Waals surface area contributed by atoms with Crippen molar-refractivity contribution in [3.8, 4) is 5.75 Å². The summed E-state index contributed by atoms with van der Waals surface area (Å²) in [6.45, 7) is 2.14. The van der Waals surface area contributed by atoms with E-state index in [9.17, 15) is 13.2 Å². The van der Waals surface area contributed by atoms with Gasteiger partial charge >= 0.3 is 5.97 Å². The number of fused-ring (bicyclic) bond motifs is 1. The molecule has 0 unspecified atom stereocenters. The lowest BCUT2D eigenvalue weighted by molar-refractivity contribution is 0.0517. The fourth-order valence-corrected chi connectivity index (χ4v) is 4.69. The van der Waals surface area contributed by atoms with Gasteiger partial charge in [-0.3, -0.25) is 0 Å². The predicted octanol–water partition coefficient (Wildman–Crippen LogP) is 3.82. The van der Waals surface area contributed by atoms with E-state index in [0.29, 0.717) is 22.6 Å². The average molecular weight is 451 g/mol. The van der Waals surface area contributed by atoms with Crippen molar-refractivity contribution in [1.29, 1.82) is 0 Å². The number of hydrogen-bond donors (Lipinski definition) is 0. The summed E-state index contributed by atoms with van der Waals surface area (Å²) >= 11 is 0. The molecule has 1 heterocycles. The number of methoxy groups -OCH3 is 1. The van der Waals surface area contributed by atoms with E-state index in [2.05, 4.69) is 4.40 Å². The van der Waals surface area contributed by atoms with Crippen LogP contribution in [0.4, 0.5) is 5.69 Å². The smallest absolute Gasteiger partial charge is 0.338 e. The van der Waals surface area contributed by atoms with Crippen LogP contribution in [0.1, 0.15) is 21.5 Å². The van der Waals surface area contributed by atoms with Gasteiger partial charge in [0.15, 0.2) is 5.84 Å². The molecule has 0 aliphatic carbocycles. The van der Waals surface area contributed by atoms with Crippen molar-refractivity contribution >= 4 is 27.5 Å². The van der Waals surface area contributed by atoms with Crippen LogP contribution in [0.15, 0.2) is 82.1 Å². The van der Waals surface area contributed by atoms with Crippen LogP contribution in [-0.4, -0.2) is 40.5 Å². The highest BCUT2D eigenvalue weighted by Gasteiger charge is 2.33. The number of hydrogen-bond acceptors (Lipinski definition) is 6. The number of carbonyl (C=O) groups is 1. The van der Waals surface area contributed by atoms with Crippen LogP contribution in [0.5, 0.6) is 5.75 Å². The molecule has 8 heteroatoms. The maximum atomic E-state index is 12.6. The Morgan fingerprint density at radius 1 is 0.969 bits per heavy atom. The van der Waals surface area contributed by atoms with E-state index < -0.39 is 16.0 Å². The number of esters is 1. The Kier molecular flexibility index (Phi) is 5.96. The van der Waals surface area contributed by atoms with E-state index in [4.69, 9.17) is 9.47 Å². The molecule has 0 N–H and O–H groups in total. The van der Waals surface area contributed by atoms with Gasteiger partial charge < -0.3 is 14.4 Å². The molecule has 3 aromatic rings. The van der Waals surface area contributed by atoms with Gasteiger partial charge in [0.1, 0.15) is 17.3 Å². The van der Waals surface area contributed by atoms with Gasteiger partial charge in [-0.2, -0.15) is 8.42 Å². The molecule has 3 aromatic carbocycles. The third-order valence-electron chi connectivity index (χ3n) is 5.08. The molecule has 164 valence electrons. The maximum Gasteiger partial charge on any atom is 0.338 e. The van der Waals surface area contributed by atoms with E-state index >= 15 is 0 Å². The van der Waals surface area contributed by atoms with Crippen molar-refractivity contribution in [3.63, 3.8) is 0 Å². The number of anilines is 1. The molecular weight excluding hydrogens is 428 g/mol. The Morgan fingerprint density at radius 3 is 2.41 bits per heavy atom. The molecular formula is C24H22N2O5S. The minimum absolute atomic E-state index is 0.0198. The normalized spacial score (nSPS) is 13.8. The fourth-order valence-electron chi connectivity index (χ4n) is 3.48. The SMILES string of the molecule is COc1ccccc1N(CCOC(=O)c1ccc(C)cc1)C1=NS(=O)(=O)c2ccccc21. The van der Waals surface area contributed by atoms with Crippen LogP contribution >= 0.6 is 0 Å². The first-order valence-electron chi connectivity index (χ1n) is 9.99. The summed E-state index contributed by atoms with van der Waals surface area (Å²) in [6.07, 6.45) is 0. The summed E-state index contributed by atoms with van der Waals surface area (Å²) in [5.41, 5.74) is 2.60. The van der Waals surface area contributed by atoms with E-state index in [1.807, 2.05) is 31.2 Å². The molecule has 0 saturated heterocycles. The summed E-state index contributed by atoms with van der Waals surface area (Å²) in [5, 5.41) is 0. The molecule has 0 spiro atoms. The Balaban J connectivity index is 1.64. The van der Waals surface area contributed by atoms with Crippen molar-refractivity contribution in [1.82, 2.24) is 0 Å². The summed E-state index contributed by atoms with van der Waals surface area (Å²) < 4.78 is 40.2. The van der Waals surface area contributed by atoms with Crippen LogP contribution in [0.2, 0.25) is 0 Å². The molecule has 0 saturated carbocycles. The second-order valence-electron chi connectivity index (χ2n) is 7.21. The van der Waals surface area contributed by atoms with Crippen molar-refractivity contribution in [2.24, 2.45) is 4.40 Å². The first-order chi connectivity index (χ1) is 15.4. The number of carbonyl (C=O) groups excluding carboxylic acids is 1. The van der Waals surface area contributed by atoms with Crippen LogP contribution < -0.4 is 9.64 Å². The number of para-hydroxylation sites is 2. The lowest BCUT2D eigenvalue weighted by Gasteiger charge is -2.26. The Hall–Kier alpha value is -3.65. The quantitative estimate of drug-likeness (QED) is 0.531. The molecule has 0 aromatic heterocycles. The molecule has 7 nitrogen and oxygen atoms in total. The number of nitrogens with zero attached hydrogens (tertiary/aromatic N) is 2. The van der Waals surface area contributed by atoms with Gasteiger partial charge in [0.25, 0.3) is 10.0 Å². The van der Waals surface area contributed by atoms with Crippen LogP contribution in [0, 0.1) is 6.92 Å². The van der Waals surface area contributed by atoms with E-state index in [1.165, 1.54) is 13.2 Å². The average Bonchev–Trinajstić information content (AvgIpc) is 3.08. The Labute approximate surface area is 187 Å². The van der Waals surface area contributed by atoms with E-state index in [0.717, 1.165) is 5.56 Å². The highest BCUT2D eigenvalue weighted by atomic mass is 32.2. The zero-order valence-electron chi connectivity index (χ0n) is 17.7. The third kappa shape index (κ3) is 4.22. The molecule has 0 amide bonds. The molecule has 0 atom stereocenters. The van der Waals surface area contributed by atoms with Gasteiger partial charge in [0.05, 0.1) is 24.9 Å². The summed E-state index contributed by atoms with van der Waals surface area (Å²) in [4.78, 5) is 14.3. The minimum Gasteiger partial charge on any atom is -0.495 e. The summed E-state index contributed by atoms with van der Waals surface area (Å²) in [5.74, 6) is 0.352. The lowest BCUT2D eigenvalue weighted by Crippen LogP contribution is -2.34. The monoisotopic (exact) mass is 450 g/mol. The molecule has 32 heavy (non-hydrogen) atoms. The zero-order chi connectivity index (χ0) is 22.7. The van der Waals surface area contributed by atoms with Crippen LogP contribution in [0.25, 0.3) is 0 Å². The third-order valence-corrected chi connectivity index (χ3v) is 6.40. The number of aryl methyl sites for hydroxylation is 1. The topological polar surface area (TPSA) is 85.3 Å². The maximum absolute atomic E-state index is 12.6. The number of benzene rings is 3.